The first-order valence-corrected chi connectivity index (χ1v) is 5.89. The number of phenols is 1. The Bertz CT molecular complexity index is 447. The molecule has 1 rings (SSSR count). The topological polar surface area (TPSA) is 60.8 Å². The number of amides is 1. The molecule has 0 fully saturated rings. The fourth-order valence-electron chi connectivity index (χ4n) is 2.38. The van der Waals surface area contributed by atoms with Crippen LogP contribution in [0.3, 0.4) is 0 Å². The fourth-order valence-corrected chi connectivity index (χ4v) is 2.38. The van der Waals surface area contributed by atoms with Crippen LogP contribution >= 0.6 is 0 Å². The van der Waals surface area contributed by atoms with Crippen LogP contribution < -0.4 is 0 Å². The summed E-state index contributed by atoms with van der Waals surface area (Å²) in [6, 6.07) is 6.71. The minimum Gasteiger partial charge on any atom is -0.508 e. The molecule has 0 aliphatic rings. The maximum Gasteiger partial charge on any atom is 0.408 e. The number of carboxylic acid groups (broad SMARTS) is 1. The number of aromatic hydroxyl groups is 1. The van der Waals surface area contributed by atoms with Crippen molar-refractivity contribution in [3.63, 3.8) is 0 Å². The van der Waals surface area contributed by atoms with E-state index >= 15 is 0 Å². The lowest BCUT2D eigenvalue weighted by atomic mass is 9.88. The van der Waals surface area contributed by atoms with Gasteiger partial charge in [0.2, 0.25) is 0 Å². The van der Waals surface area contributed by atoms with Crippen LogP contribution in [0.15, 0.2) is 24.3 Å². The van der Waals surface area contributed by atoms with E-state index in [0.717, 1.165) is 5.56 Å². The number of phenolic OH excluding ortho intramolecular Hbond substituents is 1. The molecular formula is C14H21NO3. The van der Waals surface area contributed by atoms with Gasteiger partial charge in [0.15, 0.2) is 0 Å². The predicted molar refractivity (Wildman–Crippen MR) is 70.7 cm³/mol. The van der Waals surface area contributed by atoms with Crippen LogP contribution in [0.25, 0.3) is 0 Å². The van der Waals surface area contributed by atoms with E-state index in [-0.39, 0.29) is 5.75 Å². The van der Waals surface area contributed by atoms with Gasteiger partial charge in [0.25, 0.3) is 0 Å². The second-order valence-electron chi connectivity index (χ2n) is 5.90. The summed E-state index contributed by atoms with van der Waals surface area (Å²) in [7, 11) is 0. The largest absolute Gasteiger partial charge is 0.508 e. The molecule has 0 saturated carbocycles. The normalized spacial score (nSPS) is 12.3. The molecule has 0 saturated heterocycles. The third-order valence-corrected chi connectivity index (χ3v) is 2.97. The highest BCUT2D eigenvalue weighted by Crippen LogP contribution is 2.35. The molecule has 1 aromatic carbocycles. The first kappa shape index (κ1) is 14.4. The quantitative estimate of drug-likeness (QED) is 0.846. The number of nitrogens with zero attached hydrogens (tertiary/aromatic N) is 1. The number of rotatable bonds is 2. The zero-order valence-electron chi connectivity index (χ0n) is 11.6. The molecule has 4 heteroatoms. The second kappa shape index (κ2) is 4.52. The average molecular weight is 251 g/mol. The molecule has 0 spiro atoms. The highest BCUT2D eigenvalue weighted by Gasteiger charge is 2.40. The van der Waals surface area contributed by atoms with Crippen LogP contribution in [-0.4, -0.2) is 26.7 Å². The third-order valence-electron chi connectivity index (χ3n) is 2.97. The molecule has 0 aromatic heterocycles. The summed E-state index contributed by atoms with van der Waals surface area (Å²) in [5.41, 5.74) is -0.483. The minimum absolute atomic E-state index is 0.139. The molecule has 18 heavy (non-hydrogen) atoms. The molecule has 0 atom stereocenters. The van der Waals surface area contributed by atoms with Gasteiger partial charge < -0.3 is 10.2 Å². The van der Waals surface area contributed by atoms with Crippen LogP contribution in [0, 0.1) is 0 Å². The highest BCUT2D eigenvalue weighted by atomic mass is 16.4. The van der Waals surface area contributed by atoms with E-state index in [1.165, 1.54) is 4.90 Å². The van der Waals surface area contributed by atoms with Crippen LogP contribution in [0.1, 0.15) is 40.2 Å². The summed E-state index contributed by atoms with van der Waals surface area (Å²) >= 11 is 0. The summed E-state index contributed by atoms with van der Waals surface area (Å²) in [6.07, 6.45) is -0.976. The Labute approximate surface area is 108 Å². The van der Waals surface area contributed by atoms with Crippen molar-refractivity contribution < 1.29 is 15.0 Å². The number of carbonyl (C=O) groups is 1. The molecule has 1 amide bonds. The second-order valence-corrected chi connectivity index (χ2v) is 5.90. The summed E-state index contributed by atoms with van der Waals surface area (Å²) in [6.45, 7) is 9.23. The van der Waals surface area contributed by atoms with Crippen LogP contribution in [-0.2, 0) is 5.54 Å². The predicted octanol–water partition coefficient (Wildman–Crippen LogP) is 3.41. The van der Waals surface area contributed by atoms with Gasteiger partial charge in [0.05, 0.1) is 5.54 Å². The Kier molecular flexibility index (Phi) is 3.60. The van der Waals surface area contributed by atoms with Gasteiger partial charge in [-0.25, -0.2) is 4.79 Å². The van der Waals surface area contributed by atoms with Crippen molar-refractivity contribution in [1.29, 1.82) is 0 Å². The first-order chi connectivity index (χ1) is 8.06. The van der Waals surface area contributed by atoms with Gasteiger partial charge in [-0.3, -0.25) is 4.90 Å². The molecule has 0 radical (unpaired) electrons. The molecule has 0 aliphatic carbocycles. The number of benzene rings is 1. The summed E-state index contributed by atoms with van der Waals surface area (Å²) in [5, 5.41) is 19.0. The van der Waals surface area contributed by atoms with E-state index in [1.54, 1.807) is 18.2 Å². The van der Waals surface area contributed by atoms with Gasteiger partial charge in [0, 0.05) is 5.54 Å². The van der Waals surface area contributed by atoms with Crippen molar-refractivity contribution in [2.45, 2.75) is 45.7 Å². The minimum atomic E-state index is -0.976. The van der Waals surface area contributed by atoms with Crippen LogP contribution in [0.2, 0.25) is 0 Å². The number of hydrogen-bond acceptors (Lipinski definition) is 2. The Hall–Kier alpha value is -1.71. The van der Waals surface area contributed by atoms with E-state index in [2.05, 4.69) is 0 Å². The lowest BCUT2D eigenvalue weighted by Crippen LogP contribution is -2.54. The molecule has 0 aliphatic heterocycles. The molecule has 0 unspecified atom stereocenters. The van der Waals surface area contributed by atoms with Gasteiger partial charge in [0.1, 0.15) is 5.75 Å². The van der Waals surface area contributed by atoms with E-state index in [1.807, 2.05) is 40.7 Å². The molecule has 100 valence electrons. The standard InChI is InChI=1S/C14H21NO3/c1-13(2,3)15(12(17)18)14(4,5)10-7-6-8-11(16)9-10/h6-9,16H,1-5H3,(H,17,18). The molecule has 1 aromatic rings. The first-order valence-electron chi connectivity index (χ1n) is 5.89. The van der Waals surface area contributed by atoms with E-state index in [0.29, 0.717) is 0 Å². The smallest absolute Gasteiger partial charge is 0.408 e. The maximum atomic E-state index is 11.5. The van der Waals surface area contributed by atoms with E-state index in [9.17, 15) is 15.0 Å². The molecule has 0 bridgehead atoms. The molecule has 4 nitrogen and oxygen atoms in total. The molecular weight excluding hydrogens is 230 g/mol. The van der Waals surface area contributed by atoms with Crippen molar-refractivity contribution in [2.75, 3.05) is 0 Å². The Morgan fingerprint density at radius 3 is 2.11 bits per heavy atom. The fraction of sp³-hybridized carbons (Fsp3) is 0.500. The average Bonchev–Trinajstić information content (AvgIpc) is 2.13. The zero-order valence-corrected chi connectivity index (χ0v) is 11.6. The van der Waals surface area contributed by atoms with Crippen molar-refractivity contribution in [2.24, 2.45) is 0 Å². The zero-order chi connectivity index (χ0) is 14.1. The van der Waals surface area contributed by atoms with E-state index < -0.39 is 17.2 Å². The Morgan fingerprint density at radius 2 is 1.72 bits per heavy atom. The van der Waals surface area contributed by atoms with Crippen molar-refractivity contribution in [3.8, 4) is 5.75 Å². The van der Waals surface area contributed by atoms with Gasteiger partial charge in [-0.15, -0.1) is 0 Å². The van der Waals surface area contributed by atoms with Gasteiger partial charge in [-0.2, -0.15) is 0 Å². The van der Waals surface area contributed by atoms with Gasteiger partial charge in [-0.1, -0.05) is 12.1 Å². The lowest BCUT2D eigenvalue weighted by molar-refractivity contribution is 0.0313. The van der Waals surface area contributed by atoms with Gasteiger partial charge >= 0.3 is 6.09 Å². The van der Waals surface area contributed by atoms with Gasteiger partial charge in [-0.05, 0) is 52.3 Å². The number of hydrogen-bond donors (Lipinski definition) is 2. The van der Waals surface area contributed by atoms with Crippen LogP contribution in [0.4, 0.5) is 4.79 Å². The van der Waals surface area contributed by atoms with E-state index in [4.69, 9.17) is 0 Å². The molecule has 0 heterocycles. The Morgan fingerprint density at radius 1 is 1.17 bits per heavy atom. The summed E-state index contributed by atoms with van der Waals surface area (Å²) in [5.74, 6) is 0.139. The summed E-state index contributed by atoms with van der Waals surface area (Å²) in [4.78, 5) is 12.9. The van der Waals surface area contributed by atoms with Crippen molar-refractivity contribution >= 4 is 6.09 Å². The third kappa shape index (κ3) is 2.75. The SMILES string of the molecule is CC(C)(C)N(C(=O)O)C(C)(C)c1cccc(O)c1. The van der Waals surface area contributed by atoms with Crippen molar-refractivity contribution in [1.82, 2.24) is 4.90 Å². The van der Waals surface area contributed by atoms with Crippen LogP contribution in [0.5, 0.6) is 5.75 Å². The molecule has 2 N–H and O–H groups in total. The maximum absolute atomic E-state index is 11.5. The Balaban J connectivity index is 3.30. The lowest BCUT2D eigenvalue weighted by Gasteiger charge is -2.45. The van der Waals surface area contributed by atoms with Crippen molar-refractivity contribution in [3.05, 3.63) is 29.8 Å². The monoisotopic (exact) mass is 251 g/mol. The summed E-state index contributed by atoms with van der Waals surface area (Å²) < 4.78 is 0. The highest BCUT2D eigenvalue weighted by molar-refractivity contribution is 5.67.